The third-order valence-corrected chi connectivity index (χ3v) is 3.53. The van der Waals surface area contributed by atoms with E-state index in [0.29, 0.717) is 12.5 Å². The molecule has 0 heterocycles. The summed E-state index contributed by atoms with van der Waals surface area (Å²) in [6, 6.07) is 0. The standard InChI is InChI=1S/C10H23NO3S/c1-4-7-8-10(5-2)9-11-14-15(12,13)6-3/h10-11H,4-9H2,1-3H3. The van der Waals surface area contributed by atoms with Gasteiger partial charge in [-0.1, -0.05) is 33.1 Å². The van der Waals surface area contributed by atoms with Crippen LogP contribution in [0.1, 0.15) is 46.5 Å². The predicted octanol–water partition coefficient (Wildman–Crippen LogP) is 2.07. The third kappa shape index (κ3) is 7.76. The molecule has 0 saturated heterocycles. The summed E-state index contributed by atoms with van der Waals surface area (Å²) in [5.74, 6) is 0.503. The van der Waals surface area contributed by atoms with Crippen LogP contribution in [0.4, 0.5) is 0 Å². The molecule has 15 heavy (non-hydrogen) atoms. The SMILES string of the molecule is CCCCC(CC)CNOS(=O)(=O)CC. The number of hydrogen-bond donors (Lipinski definition) is 1. The lowest BCUT2D eigenvalue weighted by Gasteiger charge is -2.14. The van der Waals surface area contributed by atoms with Gasteiger partial charge < -0.3 is 0 Å². The molecule has 0 radical (unpaired) electrons. The molecule has 0 amide bonds. The zero-order valence-corrected chi connectivity index (χ0v) is 10.8. The van der Waals surface area contributed by atoms with Crippen molar-refractivity contribution in [1.29, 1.82) is 0 Å². The second-order valence-electron chi connectivity index (χ2n) is 3.69. The van der Waals surface area contributed by atoms with E-state index in [1.165, 1.54) is 12.8 Å². The van der Waals surface area contributed by atoms with E-state index < -0.39 is 10.1 Å². The quantitative estimate of drug-likeness (QED) is 0.624. The fraction of sp³-hybridized carbons (Fsp3) is 1.00. The molecule has 0 fully saturated rings. The van der Waals surface area contributed by atoms with Crippen molar-refractivity contribution >= 4 is 10.1 Å². The molecule has 5 heteroatoms. The first-order valence-electron chi connectivity index (χ1n) is 5.69. The van der Waals surface area contributed by atoms with Gasteiger partial charge in [0, 0.05) is 6.54 Å². The Bertz CT molecular complexity index is 239. The van der Waals surface area contributed by atoms with E-state index in [1.54, 1.807) is 6.92 Å². The number of unbranched alkanes of at least 4 members (excludes halogenated alkanes) is 1. The summed E-state index contributed by atoms with van der Waals surface area (Å²) < 4.78 is 26.6. The highest BCUT2D eigenvalue weighted by atomic mass is 32.2. The average molecular weight is 237 g/mol. The molecule has 0 rings (SSSR count). The highest BCUT2D eigenvalue weighted by molar-refractivity contribution is 7.86. The monoisotopic (exact) mass is 237 g/mol. The van der Waals surface area contributed by atoms with E-state index in [2.05, 4.69) is 23.6 Å². The molecule has 1 N–H and O–H groups in total. The molecule has 92 valence electrons. The third-order valence-electron chi connectivity index (χ3n) is 2.45. The smallest absolute Gasteiger partial charge is 0.198 e. The van der Waals surface area contributed by atoms with Gasteiger partial charge in [-0.25, -0.2) is 0 Å². The lowest BCUT2D eigenvalue weighted by molar-refractivity contribution is 0.179. The highest BCUT2D eigenvalue weighted by Crippen LogP contribution is 2.11. The highest BCUT2D eigenvalue weighted by Gasteiger charge is 2.10. The molecule has 0 aliphatic heterocycles. The van der Waals surface area contributed by atoms with Gasteiger partial charge in [0.25, 0.3) is 10.1 Å². The van der Waals surface area contributed by atoms with E-state index in [-0.39, 0.29) is 5.75 Å². The molecular weight excluding hydrogens is 214 g/mol. The van der Waals surface area contributed by atoms with Gasteiger partial charge in [-0.2, -0.15) is 18.2 Å². The van der Waals surface area contributed by atoms with Gasteiger partial charge >= 0.3 is 0 Å². The Balaban J connectivity index is 3.72. The minimum Gasteiger partial charge on any atom is -0.198 e. The largest absolute Gasteiger partial charge is 0.282 e. The van der Waals surface area contributed by atoms with Crippen LogP contribution in [0.3, 0.4) is 0 Å². The zero-order chi connectivity index (χ0) is 11.7. The van der Waals surface area contributed by atoms with E-state index >= 15 is 0 Å². The molecule has 1 atom stereocenters. The maximum Gasteiger partial charge on any atom is 0.282 e. The van der Waals surface area contributed by atoms with Crippen molar-refractivity contribution in [2.24, 2.45) is 5.92 Å². The second kappa shape index (κ2) is 8.07. The first-order chi connectivity index (χ1) is 7.05. The molecule has 1 unspecified atom stereocenters. The van der Waals surface area contributed by atoms with Gasteiger partial charge in [0.15, 0.2) is 0 Å². The van der Waals surface area contributed by atoms with Crippen molar-refractivity contribution in [3.8, 4) is 0 Å². The van der Waals surface area contributed by atoms with Crippen LogP contribution in [0.15, 0.2) is 0 Å². The van der Waals surface area contributed by atoms with Gasteiger partial charge in [0.1, 0.15) is 0 Å². The molecule has 0 aliphatic rings. The number of rotatable bonds is 9. The van der Waals surface area contributed by atoms with Crippen molar-refractivity contribution in [2.75, 3.05) is 12.3 Å². The molecule has 4 nitrogen and oxygen atoms in total. The van der Waals surface area contributed by atoms with Gasteiger partial charge in [0.05, 0.1) is 5.75 Å². The summed E-state index contributed by atoms with van der Waals surface area (Å²) in [6.07, 6.45) is 4.52. The minimum atomic E-state index is -3.35. The van der Waals surface area contributed by atoms with Crippen molar-refractivity contribution in [1.82, 2.24) is 5.48 Å². The Morgan fingerprint density at radius 2 is 1.93 bits per heavy atom. The summed E-state index contributed by atoms with van der Waals surface area (Å²) in [5, 5.41) is 0. The van der Waals surface area contributed by atoms with Crippen molar-refractivity contribution in [2.45, 2.75) is 46.5 Å². The Morgan fingerprint density at radius 3 is 2.40 bits per heavy atom. The van der Waals surface area contributed by atoms with E-state index in [9.17, 15) is 8.42 Å². The molecule has 0 spiro atoms. The molecule has 0 aromatic rings. The van der Waals surface area contributed by atoms with Crippen LogP contribution in [0.25, 0.3) is 0 Å². The summed E-state index contributed by atoms with van der Waals surface area (Å²) in [7, 11) is -3.35. The molecule has 0 aromatic carbocycles. The number of hydrogen-bond acceptors (Lipinski definition) is 4. The minimum absolute atomic E-state index is 0.00571. The van der Waals surface area contributed by atoms with Crippen LogP contribution in [-0.2, 0) is 14.4 Å². The molecule has 0 aliphatic carbocycles. The van der Waals surface area contributed by atoms with Crippen LogP contribution in [0, 0.1) is 5.92 Å². The van der Waals surface area contributed by atoms with Gasteiger partial charge in [-0.3, -0.25) is 0 Å². The Morgan fingerprint density at radius 1 is 1.27 bits per heavy atom. The van der Waals surface area contributed by atoms with Crippen molar-refractivity contribution in [3.05, 3.63) is 0 Å². The van der Waals surface area contributed by atoms with E-state index in [1.807, 2.05) is 0 Å². The van der Waals surface area contributed by atoms with Gasteiger partial charge in [-0.05, 0) is 19.3 Å². The van der Waals surface area contributed by atoms with Crippen molar-refractivity contribution in [3.63, 3.8) is 0 Å². The normalized spacial score (nSPS) is 14.1. The fourth-order valence-electron chi connectivity index (χ4n) is 1.24. The molecule has 0 bridgehead atoms. The van der Waals surface area contributed by atoms with Gasteiger partial charge in [-0.15, -0.1) is 0 Å². The zero-order valence-electron chi connectivity index (χ0n) is 9.95. The summed E-state index contributed by atoms with van der Waals surface area (Å²) in [5.41, 5.74) is 2.55. The molecule has 0 saturated carbocycles. The Labute approximate surface area is 93.5 Å². The van der Waals surface area contributed by atoms with Crippen LogP contribution in [-0.4, -0.2) is 20.7 Å². The van der Waals surface area contributed by atoms with Crippen LogP contribution >= 0.6 is 0 Å². The predicted molar refractivity (Wildman–Crippen MR) is 61.9 cm³/mol. The molecular formula is C10H23NO3S. The van der Waals surface area contributed by atoms with Crippen LogP contribution in [0.5, 0.6) is 0 Å². The first kappa shape index (κ1) is 14.9. The Hall–Kier alpha value is -0.130. The Kier molecular flexibility index (Phi) is 8.00. The summed E-state index contributed by atoms with van der Waals surface area (Å²) in [4.78, 5) is 0. The van der Waals surface area contributed by atoms with E-state index in [0.717, 1.165) is 12.8 Å². The lowest BCUT2D eigenvalue weighted by atomic mass is 10.00. The van der Waals surface area contributed by atoms with Crippen molar-refractivity contribution < 1.29 is 12.7 Å². The second-order valence-corrected chi connectivity index (χ2v) is 5.55. The average Bonchev–Trinajstić information content (AvgIpc) is 2.23. The maximum atomic E-state index is 11.0. The number of nitrogens with one attached hydrogen (secondary N) is 1. The summed E-state index contributed by atoms with van der Waals surface area (Å²) >= 11 is 0. The van der Waals surface area contributed by atoms with Gasteiger partial charge in [0.2, 0.25) is 0 Å². The van der Waals surface area contributed by atoms with Crippen LogP contribution in [0.2, 0.25) is 0 Å². The van der Waals surface area contributed by atoms with Crippen LogP contribution < -0.4 is 5.48 Å². The van der Waals surface area contributed by atoms with E-state index in [4.69, 9.17) is 0 Å². The number of hydroxylamine groups is 1. The fourth-order valence-corrected chi connectivity index (χ4v) is 1.61. The summed E-state index contributed by atoms with van der Waals surface area (Å²) in [6.45, 7) is 6.43. The maximum absolute atomic E-state index is 11.0. The topological polar surface area (TPSA) is 55.4 Å². The first-order valence-corrected chi connectivity index (χ1v) is 7.27. The lowest BCUT2D eigenvalue weighted by Crippen LogP contribution is -2.26. The molecule has 0 aromatic heterocycles.